The minimum Gasteiger partial charge on any atom is -0.496 e. The molecule has 1 amide bonds. The third-order valence-electron chi connectivity index (χ3n) is 2.69. The third-order valence-corrected chi connectivity index (χ3v) is 3.60. The zero-order valence-electron chi connectivity index (χ0n) is 10.7. The molecule has 0 bridgehead atoms. The Balaban J connectivity index is 2.16. The summed E-state index contributed by atoms with van der Waals surface area (Å²) in [7, 11) is 1.51. The number of hydrogen-bond donors (Lipinski definition) is 2. The summed E-state index contributed by atoms with van der Waals surface area (Å²) in [6.45, 7) is 0. The minimum atomic E-state index is -1.10. The van der Waals surface area contributed by atoms with E-state index in [-0.39, 0.29) is 0 Å². The Morgan fingerprint density at radius 3 is 2.55 bits per heavy atom. The Morgan fingerprint density at radius 2 is 2.00 bits per heavy atom. The van der Waals surface area contributed by atoms with Crippen molar-refractivity contribution >= 4 is 23.2 Å². The monoisotopic (exact) mass is 291 g/mol. The molecule has 0 radical (unpaired) electrons. The van der Waals surface area contributed by atoms with Crippen molar-refractivity contribution in [1.82, 2.24) is 5.32 Å². The van der Waals surface area contributed by atoms with E-state index in [1.54, 1.807) is 41.8 Å². The number of benzene rings is 1. The van der Waals surface area contributed by atoms with Gasteiger partial charge in [-0.3, -0.25) is 4.79 Å². The number of aliphatic carboxylic acids is 1. The number of carbonyl (C=O) groups excluding carboxylic acids is 1. The molecule has 2 rings (SSSR count). The molecule has 6 heteroatoms. The molecule has 0 spiro atoms. The zero-order valence-corrected chi connectivity index (χ0v) is 11.5. The van der Waals surface area contributed by atoms with Gasteiger partial charge >= 0.3 is 5.97 Å². The molecular formula is C14H13NO4S. The standard InChI is InChI=1S/C14H13NO4S/c1-19-10-7-11(20-8-10)13(16)15-12(14(17)18)9-5-3-2-4-6-9/h2-8,12H,1H3,(H,15,16)(H,17,18). The van der Waals surface area contributed by atoms with Crippen molar-refractivity contribution in [3.8, 4) is 5.75 Å². The van der Waals surface area contributed by atoms with Gasteiger partial charge in [0.25, 0.3) is 5.91 Å². The van der Waals surface area contributed by atoms with E-state index >= 15 is 0 Å². The van der Waals surface area contributed by atoms with Gasteiger partial charge < -0.3 is 15.2 Å². The van der Waals surface area contributed by atoms with Crippen molar-refractivity contribution in [2.75, 3.05) is 7.11 Å². The van der Waals surface area contributed by atoms with Gasteiger partial charge in [0.2, 0.25) is 0 Å². The van der Waals surface area contributed by atoms with Crippen LogP contribution in [0.2, 0.25) is 0 Å². The summed E-state index contributed by atoms with van der Waals surface area (Å²) >= 11 is 1.20. The average molecular weight is 291 g/mol. The second kappa shape index (κ2) is 6.21. The van der Waals surface area contributed by atoms with Gasteiger partial charge in [0.05, 0.1) is 12.0 Å². The first kappa shape index (κ1) is 14.1. The summed E-state index contributed by atoms with van der Waals surface area (Å²) in [6, 6.07) is 9.06. The van der Waals surface area contributed by atoms with Crippen molar-refractivity contribution in [3.63, 3.8) is 0 Å². The highest BCUT2D eigenvalue weighted by molar-refractivity contribution is 7.12. The van der Waals surface area contributed by atoms with Gasteiger partial charge in [-0.1, -0.05) is 30.3 Å². The third kappa shape index (κ3) is 3.16. The van der Waals surface area contributed by atoms with Gasteiger partial charge in [0, 0.05) is 11.4 Å². The predicted molar refractivity (Wildman–Crippen MR) is 75.2 cm³/mol. The predicted octanol–water partition coefficient (Wildman–Crippen LogP) is 2.31. The Morgan fingerprint density at radius 1 is 1.30 bits per heavy atom. The van der Waals surface area contributed by atoms with Crippen LogP contribution in [0.25, 0.3) is 0 Å². The van der Waals surface area contributed by atoms with Gasteiger partial charge in [0.1, 0.15) is 5.75 Å². The number of amides is 1. The fourth-order valence-electron chi connectivity index (χ4n) is 1.68. The van der Waals surface area contributed by atoms with Crippen LogP contribution < -0.4 is 10.1 Å². The van der Waals surface area contributed by atoms with Crippen LogP contribution in [-0.4, -0.2) is 24.1 Å². The molecule has 1 aromatic carbocycles. The van der Waals surface area contributed by atoms with Gasteiger partial charge in [-0.05, 0) is 5.56 Å². The SMILES string of the molecule is COc1csc(C(=O)NC(C(=O)O)c2ccccc2)c1. The molecule has 0 aliphatic heterocycles. The molecule has 20 heavy (non-hydrogen) atoms. The number of ether oxygens (including phenoxy) is 1. The molecule has 1 atom stereocenters. The number of carboxylic acid groups (broad SMARTS) is 1. The van der Waals surface area contributed by atoms with E-state index in [4.69, 9.17) is 4.74 Å². The Kier molecular flexibility index (Phi) is 4.37. The van der Waals surface area contributed by atoms with Crippen molar-refractivity contribution in [2.45, 2.75) is 6.04 Å². The van der Waals surface area contributed by atoms with Gasteiger partial charge in [-0.2, -0.15) is 0 Å². The van der Waals surface area contributed by atoms with Crippen molar-refractivity contribution < 1.29 is 19.4 Å². The lowest BCUT2D eigenvalue weighted by atomic mass is 10.1. The van der Waals surface area contributed by atoms with E-state index < -0.39 is 17.9 Å². The molecule has 1 aromatic heterocycles. The van der Waals surface area contributed by atoms with Crippen LogP contribution in [-0.2, 0) is 4.79 Å². The minimum absolute atomic E-state index is 0.407. The summed E-state index contributed by atoms with van der Waals surface area (Å²) in [5.41, 5.74) is 0.525. The lowest BCUT2D eigenvalue weighted by Gasteiger charge is -2.14. The lowest BCUT2D eigenvalue weighted by Crippen LogP contribution is -2.33. The van der Waals surface area contributed by atoms with Crippen LogP contribution in [0.3, 0.4) is 0 Å². The van der Waals surface area contributed by atoms with E-state index in [1.165, 1.54) is 18.4 Å². The van der Waals surface area contributed by atoms with Crippen molar-refractivity contribution in [3.05, 3.63) is 52.2 Å². The maximum atomic E-state index is 12.0. The van der Waals surface area contributed by atoms with Gasteiger partial charge in [-0.25, -0.2) is 4.79 Å². The molecule has 1 unspecified atom stereocenters. The van der Waals surface area contributed by atoms with Gasteiger partial charge in [0.15, 0.2) is 6.04 Å². The Bertz CT molecular complexity index is 609. The van der Waals surface area contributed by atoms with E-state index in [0.717, 1.165) is 0 Å². The second-order valence-corrected chi connectivity index (χ2v) is 4.92. The number of hydrogen-bond acceptors (Lipinski definition) is 4. The van der Waals surface area contributed by atoms with Crippen LogP contribution in [0, 0.1) is 0 Å². The summed E-state index contributed by atoms with van der Waals surface area (Å²) in [5.74, 6) is -0.964. The summed E-state index contributed by atoms with van der Waals surface area (Å²) in [5, 5.41) is 13.4. The normalized spacial score (nSPS) is 11.7. The molecule has 0 aliphatic carbocycles. The molecule has 0 aliphatic rings. The molecule has 5 nitrogen and oxygen atoms in total. The molecule has 0 fully saturated rings. The number of carbonyl (C=O) groups is 2. The van der Waals surface area contributed by atoms with Crippen molar-refractivity contribution in [1.29, 1.82) is 0 Å². The summed E-state index contributed by atoms with van der Waals surface area (Å²) in [6.07, 6.45) is 0. The molecule has 2 aromatic rings. The number of thiophene rings is 1. The molecule has 0 saturated heterocycles. The van der Waals surface area contributed by atoms with E-state index in [0.29, 0.717) is 16.2 Å². The summed E-state index contributed by atoms with van der Waals surface area (Å²) in [4.78, 5) is 23.7. The number of nitrogens with one attached hydrogen (secondary N) is 1. The van der Waals surface area contributed by atoms with Crippen LogP contribution >= 0.6 is 11.3 Å². The highest BCUT2D eigenvalue weighted by Gasteiger charge is 2.23. The molecule has 2 N–H and O–H groups in total. The van der Waals surface area contributed by atoms with E-state index in [1.807, 2.05) is 0 Å². The fraction of sp³-hybridized carbons (Fsp3) is 0.143. The smallest absolute Gasteiger partial charge is 0.330 e. The number of rotatable bonds is 5. The van der Waals surface area contributed by atoms with Crippen LogP contribution in [0.15, 0.2) is 41.8 Å². The fourth-order valence-corrected chi connectivity index (χ4v) is 2.44. The first-order chi connectivity index (χ1) is 9.61. The maximum absolute atomic E-state index is 12.0. The molecule has 0 saturated carbocycles. The largest absolute Gasteiger partial charge is 0.496 e. The van der Waals surface area contributed by atoms with Gasteiger partial charge in [-0.15, -0.1) is 11.3 Å². The van der Waals surface area contributed by atoms with E-state index in [2.05, 4.69) is 5.32 Å². The second-order valence-electron chi connectivity index (χ2n) is 4.01. The highest BCUT2D eigenvalue weighted by atomic mass is 32.1. The Hall–Kier alpha value is -2.34. The van der Waals surface area contributed by atoms with Crippen molar-refractivity contribution in [2.24, 2.45) is 0 Å². The first-order valence-corrected chi connectivity index (χ1v) is 6.71. The molecular weight excluding hydrogens is 278 g/mol. The summed E-state index contributed by atoms with van der Waals surface area (Å²) < 4.78 is 5.00. The number of methoxy groups -OCH3 is 1. The van der Waals surface area contributed by atoms with Crippen LogP contribution in [0.5, 0.6) is 5.75 Å². The molecule has 1 heterocycles. The highest BCUT2D eigenvalue weighted by Crippen LogP contribution is 2.22. The maximum Gasteiger partial charge on any atom is 0.330 e. The zero-order chi connectivity index (χ0) is 14.5. The van der Waals surface area contributed by atoms with Crippen LogP contribution in [0.1, 0.15) is 21.3 Å². The Labute approximate surface area is 119 Å². The van der Waals surface area contributed by atoms with Crippen LogP contribution in [0.4, 0.5) is 0 Å². The molecule has 104 valence electrons. The number of carboxylic acids is 1. The topological polar surface area (TPSA) is 75.6 Å². The van der Waals surface area contributed by atoms with E-state index in [9.17, 15) is 14.7 Å². The lowest BCUT2D eigenvalue weighted by molar-refractivity contribution is -0.139. The quantitative estimate of drug-likeness (QED) is 0.886. The first-order valence-electron chi connectivity index (χ1n) is 5.83. The average Bonchev–Trinajstić information content (AvgIpc) is 2.94.